The highest BCUT2D eigenvalue weighted by Gasteiger charge is 2.45. The number of phenols is 1. The second kappa shape index (κ2) is 7.37. The Morgan fingerprint density at radius 3 is 2.58 bits per heavy atom. The largest absolute Gasteiger partial charge is 0.508 e. The van der Waals surface area contributed by atoms with Crippen molar-refractivity contribution in [3.05, 3.63) is 23.3 Å². The average molecular weight is 370 g/mol. The molecule has 0 radical (unpaired) electrons. The molecule has 1 aliphatic carbocycles. The molecule has 144 valence electrons. The van der Waals surface area contributed by atoms with E-state index in [-0.39, 0.29) is 17.9 Å². The van der Waals surface area contributed by atoms with Crippen LogP contribution >= 0.6 is 0 Å². The van der Waals surface area contributed by atoms with Gasteiger partial charge in [-0.15, -0.1) is 0 Å². The molecule has 0 saturated carbocycles. The Labute approximate surface area is 149 Å². The lowest BCUT2D eigenvalue weighted by Crippen LogP contribution is -2.60. The molecule has 6 unspecified atom stereocenters. The van der Waals surface area contributed by atoms with E-state index in [1.54, 1.807) is 0 Å². The van der Waals surface area contributed by atoms with Crippen LogP contribution in [0.2, 0.25) is 0 Å². The first-order valence-corrected chi connectivity index (χ1v) is 8.36. The summed E-state index contributed by atoms with van der Waals surface area (Å²) in [6, 6.07) is 2.80. The molecule has 0 aromatic heterocycles. The fraction of sp³-hybridized carbons (Fsp3) is 0.588. The number of carbonyl (C=O) groups is 1. The minimum absolute atomic E-state index is 0.130. The summed E-state index contributed by atoms with van der Waals surface area (Å²) in [6.45, 7) is -0.580. The first-order valence-electron chi connectivity index (χ1n) is 8.36. The maximum Gasteiger partial charge on any atom is 0.306 e. The molecule has 1 fully saturated rings. The van der Waals surface area contributed by atoms with Crippen LogP contribution in [0.15, 0.2) is 12.1 Å². The molecule has 0 amide bonds. The summed E-state index contributed by atoms with van der Waals surface area (Å²) >= 11 is 0. The topological polar surface area (TPSA) is 157 Å². The fourth-order valence-electron chi connectivity index (χ4n) is 3.44. The third-order valence-corrected chi connectivity index (χ3v) is 4.94. The fourth-order valence-corrected chi connectivity index (χ4v) is 3.44. The molecule has 6 N–H and O–H groups in total. The van der Waals surface area contributed by atoms with E-state index in [2.05, 4.69) is 0 Å². The van der Waals surface area contributed by atoms with Crippen molar-refractivity contribution in [1.82, 2.24) is 0 Å². The van der Waals surface area contributed by atoms with Crippen molar-refractivity contribution in [3.63, 3.8) is 0 Å². The number of phenolic OH excluding ortho intramolecular Hbond substituents is 1. The van der Waals surface area contributed by atoms with Crippen molar-refractivity contribution in [2.75, 3.05) is 6.61 Å². The van der Waals surface area contributed by atoms with E-state index in [0.29, 0.717) is 24.0 Å². The van der Waals surface area contributed by atoms with Crippen LogP contribution in [0, 0.1) is 5.92 Å². The molecule has 9 heteroatoms. The highest BCUT2D eigenvalue weighted by Crippen LogP contribution is 2.37. The van der Waals surface area contributed by atoms with Gasteiger partial charge < -0.3 is 40.1 Å². The first-order chi connectivity index (χ1) is 12.3. The molecular weight excluding hydrogens is 348 g/mol. The Balaban J connectivity index is 1.85. The molecule has 26 heavy (non-hydrogen) atoms. The maximum atomic E-state index is 11.2. The van der Waals surface area contributed by atoms with Gasteiger partial charge in [0, 0.05) is 6.07 Å². The molecule has 0 bridgehead atoms. The van der Waals surface area contributed by atoms with E-state index in [1.807, 2.05) is 0 Å². The Morgan fingerprint density at radius 1 is 1.19 bits per heavy atom. The van der Waals surface area contributed by atoms with Crippen molar-refractivity contribution >= 4 is 5.97 Å². The third-order valence-electron chi connectivity index (χ3n) is 4.94. The predicted molar refractivity (Wildman–Crippen MR) is 85.7 cm³/mol. The number of hydrogen-bond acceptors (Lipinski definition) is 8. The number of fused-ring (bicyclic) bond motifs is 1. The Kier molecular flexibility index (Phi) is 5.35. The van der Waals surface area contributed by atoms with Gasteiger partial charge in [-0.25, -0.2) is 0 Å². The number of aromatic hydroxyl groups is 1. The summed E-state index contributed by atoms with van der Waals surface area (Å²) in [5, 5.41) is 58.1. The lowest BCUT2D eigenvalue weighted by Gasteiger charge is -2.40. The number of ether oxygens (including phenoxy) is 2. The SMILES string of the molecule is O=C(O)C1CCc2c(cc(O)cc2OC2OC(CO)C(O)C(O)C2O)C1. The van der Waals surface area contributed by atoms with Gasteiger partial charge in [0.15, 0.2) is 0 Å². The van der Waals surface area contributed by atoms with Crippen molar-refractivity contribution in [2.24, 2.45) is 5.92 Å². The van der Waals surface area contributed by atoms with Crippen LogP contribution < -0.4 is 4.74 Å². The number of aliphatic hydroxyl groups is 4. The number of aliphatic carboxylic acids is 1. The minimum atomic E-state index is -1.57. The zero-order valence-electron chi connectivity index (χ0n) is 13.9. The molecule has 1 aromatic rings. The van der Waals surface area contributed by atoms with Crippen LogP contribution in [0.25, 0.3) is 0 Å². The Hall–Kier alpha value is -1.91. The van der Waals surface area contributed by atoms with E-state index in [1.165, 1.54) is 12.1 Å². The highest BCUT2D eigenvalue weighted by atomic mass is 16.7. The highest BCUT2D eigenvalue weighted by molar-refractivity contribution is 5.71. The van der Waals surface area contributed by atoms with Crippen LogP contribution in [-0.2, 0) is 22.4 Å². The number of hydrogen-bond donors (Lipinski definition) is 6. The first kappa shape index (κ1) is 18.9. The molecule has 0 spiro atoms. The Morgan fingerprint density at radius 2 is 1.92 bits per heavy atom. The van der Waals surface area contributed by atoms with Gasteiger partial charge in [0.2, 0.25) is 6.29 Å². The number of rotatable bonds is 4. The quantitative estimate of drug-likeness (QED) is 0.381. The monoisotopic (exact) mass is 370 g/mol. The van der Waals surface area contributed by atoms with Crippen LogP contribution in [0.5, 0.6) is 11.5 Å². The van der Waals surface area contributed by atoms with Gasteiger partial charge in [-0.2, -0.15) is 0 Å². The third kappa shape index (κ3) is 3.49. The summed E-state index contributed by atoms with van der Waals surface area (Å²) < 4.78 is 10.9. The van der Waals surface area contributed by atoms with Crippen LogP contribution in [0.3, 0.4) is 0 Å². The standard InChI is InChI=1S/C17H22O9/c18-6-12-13(20)14(21)15(22)17(26-12)25-11-5-9(19)4-8-3-7(16(23)24)1-2-10(8)11/h4-5,7,12-15,17-22H,1-3,6H2,(H,23,24). The lowest BCUT2D eigenvalue weighted by atomic mass is 9.83. The second-order valence-electron chi connectivity index (χ2n) is 6.67. The number of carboxylic acid groups (broad SMARTS) is 1. The Bertz CT molecular complexity index is 674. The molecule has 1 heterocycles. The van der Waals surface area contributed by atoms with Gasteiger partial charge in [-0.3, -0.25) is 4.79 Å². The summed E-state index contributed by atoms with van der Waals surface area (Å²) in [6.07, 6.45) is -6.07. The zero-order valence-corrected chi connectivity index (χ0v) is 13.9. The van der Waals surface area contributed by atoms with Gasteiger partial charge >= 0.3 is 5.97 Å². The normalized spacial score (nSPS) is 34.2. The van der Waals surface area contributed by atoms with E-state index in [4.69, 9.17) is 9.47 Å². The van der Waals surface area contributed by atoms with E-state index in [9.17, 15) is 35.4 Å². The van der Waals surface area contributed by atoms with Crippen molar-refractivity contribution < 1.29 is 44.9 Å². The number of benzene rings is 1. The zero-order chi connectivity index (χ0) is 19.0. The van der Waals surface area contributed by atoms with Gasteiger partial charge in [-0.1, -0.05) is 0 Å². The van der Waals surface area contributed by atoms with Crippen molar-refractivity contribution in [3.8, 4) is 11.5 Å². The van der Waals surface area contributed by atoms with Gasteiger partial charge in [0.25, 0.3) is 0 Å². The summed E-state index contributed by atoms with van der Waals surface area (Å²) in [5.41, 5.74) is 1.32. The number of carboxylic acids is 1. The maximum absolute atomic E-state index is 11.2. The summed E-state index contributed by atoms with van der Waals surface area (Å²) in [4.78, 5) is 11.2. The molecular formula is C17H22O9. The number of aliphatic hydroxyl groups excluding tert-OH is 4. The average Bonchev–Trinajstić information content (AvgIpc) is 2.61. The van der Waals surface area contributed by atoms with Crippen LogP contribution in [-0.4, -0.2) is 73.9 Å². The van der Waals surface area contributed by atoms with Gasteiger partial charge in [0.05, 0.1) is 12.5 Å². The molecule has 3 rings (SSSR count). The van der Waals surface area contributed by atoms with E-state index < -0.39 is 49.2 Å². The lowest BCUT2D eigenvalue weighted by molar-refractivity contribution is -0.277. The summed E-state index contributed by atoms with van der Waals surface area (Å²) in [7, 11) is 0. The van der Waals surface area contributed by atoms with Gasteiger partial charge in [0.1, 0.15) is 35.9 Å². The molecule has 1 saturated heterocycles. The van der Waals surface area contributed by atoms with Crippen LogP contribution in [0.1, 0.15) is 17.5 Å². The smallest absolute Gasteiger partial charge is 0.306 e. The van der Waals surface area contributed by atoms with Crippen molar-refractivity contribution in [1.29, 1.82) is 0 Å². The predicted octanol–water partition coefficient (Wildman–Crippen LogP) is -1.24. The van der Waals surface area contributed by atoms with Crippen LogP contribution in [0.4, 0.5) is 0 Å². The molecule has 1 aromatic carbocycles. The molecule has 1 aliphatic heterocycles. The van der Waals surface area contributed by atoms with Crippen molar-refractivity contribution in [2.45, 2.75) is 50.0 Å². The molecule has 2 aliphatic rings. The van der Waals surface area contributed by atoms with Gasteiger partial charge in [-0.05, 0) is 36.5 Å². The molecule has 6 atom stereocenters. The van der Waals surface area contributed by atoms with E-state index in [0.717, 1.165) is 0 Å². The summed E-state index contributed by atoms with van der Waals surface area (Å²) in [5.74, 6) is -1.39. The molecule has 9 nitrogen and oxygen atoms in total. The minimum Gasteiger partial charge on any atom is -0.508 e. The van der Waals surface area contributed by atoms with E-state index >= 15 is 0 Å². The second-order valence-corrected chi connectivity index (χ2v) is 6.67.